The summed E-state index contributed by atoms with van der Waals surface area (Å²) in [7, 11) is 1.72. The highest BCUT2D eigenvalue weighted by Gasteiger charge is 2.20. The molecule has 17 heavy (non-hydrogen) atoms. The zero-order chi connectivity index (χ0) is 12.3. The van der Waals surface area contributed by atoms with Crippen molar-refractivity contribution in [2.24, 2.45) is 5.73 Å². The van der Waals surface area contributed by atoms with Gasteiger partial charge in [0.05, 0.1) is 19.0 Å². The molecule has 0 radical (unpaired) electrons. The number of anilines is 1. The van der Waals surface area contributed by atoms with E-state index < -0.39 is 0 Å². The Balaban J connectivity index is 2.05. The minimum Gasteiger partial charge on any atom is -0.495 e. The third-order valence-corrected chi connectivity index (χ3v) is 3.32. The molecule has 1 aliphatic heterocycles. The van der Waals surface area contributed by atoms with Gasteiger partial charge in [-0.1, -0.05) is 12.1 Å². The van der Waals surface area contributed by atoms with Crippen LogP contribution in [0.4, 0.5) is 5.69 Å². The SMILES string of the molecule is COc1ccccc1N1CCN(C(C)N)CC1. The zero-order valence-electron chi connectivity index (χ0n) is 10.6. The normalized spacial score (nSPS) is 19.1. The molecule has 1 fully saturated rings. The molecule has 1 aromatic rings. The van der Waals surface area contributed by atoms with Crippen molar-refractivity contribution in [1.82, 2.24) is 4.90 Å². The largest absolute Gasteiger partial charge is 0.495 e. The monoisotopic (exact) mass is 235 g/mol. The highest BCUT2D eigenvalue weighted by molar-refractivity contribution is 5.58. The number of piperazine rings is 1. The number of hydrogen-bond acceptors (Lipinski definition) is 4. The summed E-state index contributed by atoms with van der Waals surface area (Å²) in [5, 5.41) is 0. The Bertz CT molecular complexity index is 359. The maximum absolute atomic E-state index is 5.89. The van der Waals surface area contributed by atoms with Crippen molar-refractivity contribution < 1.29 is 4.74 Å². The number of benzene rings is 1. The molecule has 1 aromatic carbocycles. The van der Waals surface area contributed by atoms with E-state index >= 15 is 0 Å². The van der Waals surface area contributed by atoms with Crippen LogP contribution in [-0.2, 0) is 0 Å². The number of nitrogens with zero attached hydrogens (tertiary/aromatic N) is 2. The van der Waals surface area contributed by atoms with Crippen LogP contribution in [0.2, 0.25) is 0 Å². The van der Waals surface area contributed by atoms with E-state index in [1.807, 2.05) is 19.1 Å². The molecule has 0 aliphatic carbocycles. The molecule has 0 spiro atoms. The fraction of sp³-hybridized carbons (Fsp3) is 0.538. The van der Waals surface area contributed by atoms with E-state index in [0.717, 1.165) is 31.9 Å². The topological polar surface area (TPSA) is 41.7 Å². The predicted molar refractivity (Wildman–Crippen MR) is 70.4 cm³/mol. The quantitative estimate of drug-likeness (QED) is 0.852. The Morgan fingerprint density at radius 1 is 1.18 bits per heavy atom. The number of rotatable bonds is 3. The summed E-state index contributed by atoms with van der Waals surface area (Å²) in [6.45, 7) is 6.06. The summed E-state index contributed by atoms with van der Waals surface area (Å²) in [5.74, 6) is 0.946. The highest BCUT2D eigenvalue weighted by Crippen LogP contribution is 2.28. The Morgan fingerprint density at radius 3 is 2.41 bits per heavy atom. The van der Waals surface area contributed by atoms with Gasteiger partial charge < -0.3 is 15.4 Å². The van der Waals surface area contributed by atoms with E-state index in [1.54, 1.807) is 7.11 Å². The molecule has 0 aromatic heterocycles. The van der Waals surface area contributed by atoms with Crippen LogP contribution in [0.5, 0.6) is 5.75 Å². The lowest BCUT2D eigenvalue weighted by molar-refractivity contribution is 0.201. The van der Waals surface area contributed by atoms with Crippen LogP contribution in [0.15, 0.2) is 24.3 Å². The average Bonchev–Trinajstić information content (AvgIpc) is 2.39. The maximum Gasteiger partial charge on any atom is 0.142 e. The lowest BCUT2D eigenvalue weighted by atomic mass is 10.2. The standard InChI is InChI=1S/C13H21N3O/c1-11(14)15-7-9-16(10-8-15)12-5-3-4-6-13(12)17-2/h3-6,11H,7-10,14H2,1-2H3. The molecule has 1 saturated heterocycles. The fourth-order valence-corrected chi connectivity index (χ4v) is 2.26. The maximum atomic E-state index is 5.89. The van der Waals surface area contributed by atoms with Gasteiger partial charge in [-0.15, -0.1) is 0 Å². The van der Waals surface area contributed by atoms with Crippen LogP contribution in [0.3, 0.4) is 0 Å². The fourth-order valence-electron chi connectivity index (χ4n) is 2.26. The van der Waals surface area contributed by atoms with Gasteiger partial charge in [-0.25, -0.2) is 0 Å². The van der Waals surface area contributed by atoms with Gasteiger partial charge in [0.15, 0.2) is 0 Å². The summed E-state index contributed by atoms with van der Waals surface area (Å²) in [5.41, 5.74) is 7.07. The number of hydrogen-bond donors (Lipinski definition) is 1. The average molecular weight is 235 g/mol. The van der Waals surface area contributed by atoms with Crippen molar-refractivity contribution in [2.75, 3.05) is 38.2 Å². The second kappa shape index (κ2) is 5.38. The Hall–Kier alpha value is -1.26. The van der Waals surface area contributed by atoms with Gasteiger partial charge in [-0.05, 0) is 19.1 Å². The van der Waals surface area contributed by atoms with Gasteiger partial charge in [0, 0.05) is 26.2 Å². The van der Waals surface area contributed by atoms with Crippen LogP contribution >= 0.6 is 0 Å². The third kappa shape index (κ3) is 2.70. The first-order valence-electron chi connectivity index (χ1n) is 6.10. The van der Waals surface area contributed by atoms with Crippen molar-refractivity contribution >= 4 is 5.69 Å². The summed E-state index contributed by atoms with van der Waals surface area (Å²) in [6.07, 6.45) is 0.148. The first-order valence-corrected chi connectivity index (χ1v) is 6.10. The molecular formula is C13H21N3O. The van der Waals surface area contributed by atoms with Crippen LogP contribution in [-0.4, -0.2) is 44.4 Å². The summed E-state index contributed by atoms with van der Waals surface area (Å²) < 4.78 is 5.39. The van der Waals surface area contributed by atoms with Gasteiger partial charge in [0.1, 0.15) is 5.75 Å². The Labute approximate surface area is 103 Å². The smallest absolute Gasteiger partial charge is 0.142 e. The van der Waals surface area contributed by atoms with Gasteiger partial charge in [-0.3, -0.25) is 4.90 Å². The number of methoxy groups -OCH3 is 1. The molecule has 1 heterocycles. The second-order valence-electron chi connectivity index (χ2n) is 4.44. The van der Waals surface area contributed by atoms with Crippen LogP contribution in [0.25, 0.3) is 0 Å². The van der Waals surface area contributed by atoms with Gasteiger partial charge in [-0.2, -0.15) is 0 Å². The number of ether oxygens (including phenoxy) is 1. The number of para-hydroxylation sites is 2. The van der Waals surface area contributed by atoms with Crippen LogP contribution in [0.1, 0.15) is 6.92 Å². The van der Waals surface area contributed by atoms with E-state index in [9.17, 15) is 0 Å². The molecule has 2 rings (SSSR count). The van der Waals surface area contributed by atoms with Gasteiger partial charge in [0.2, 0.25) is 0 Å². The van der Waals surface area contributed by atoms with Crippen LogP contribution in [0, 0.1) is 0 Å². The van der Waals surface area contributed by atoms with E-state index in [4.69, 9.17) is 10.5 Å². The van der Waals surface area contributed by atoms with Gasteiger partial charge in [0.25, 0.3) is 0 Å². The zero-order valence-corrected chi connectivity index (χ0v) is 10.6. The highest BCUT2D eigenvalue weighted by atomic mass is 16.5. The lowest BCUT2D eigenvalue weighted by Gasteiger charge is -2.38. The molecular weight excluding hydrogens is 214 g/mol. The molecule has 94 valence electrons. The Morgan fingerprint density at radius 2 is 1.82 bits per heavy atom. The summed E-state index contributed by atoms with van der Waals surface area (Å²) in [6, 6.07) is 8.17. The molecule has 2 N–H and O–H groups in total. The lowest BCUT2D eigenvalue weighted by Crippen LogP contribution is -2.52. The molecule has 4 heteroatoms. The molecule has 1 aliphatic rings. The third-order valence-electron chi connectivity index (χ3n) is 3.32. The number of nitrogens with two attached hydrogens (primary N) is 1. The van der Waals surface area contributed by atoms with Crippen molar-refractivity contribution in [1.29, 1.82) is 0 Å². The van der Waals surface area contributed by atoms with Gasteiger partial charge >= 0.3 is 0 Å². The summed E-state index contributed by atoms with van der Waals surface area (Å²) in [4.78, 5) is 4.66. The molecule has 1 unspecified atom stereocenters. The predicted octanol–water partition coefficient (Wildman–Crippen LogP) is 1.12. The van der Waals surface area contributed by atoms with E-state index in [0.29, 0.717) is 0 Å². The minimum absolute atomic E-state index is 0.148. The first-order chi connectivity index (χ1) is 8.22. The van der Waals surface area contributed by atoms with E-state index in [1.165, 1.54) is 5.69 Å². The Kier molecular flexibility index (Phi) is 3.86. The molecule has 0 saturated carbocycles. The van der Waals surface area contributed by atoms with E-state index in [2.05, 4.69) is 21.9 Å². The second-order valence-corrected chi connectivity index (χ2v) is 4.44. The molecule has 4 nitrogen and oxygen atoms in total. The van der Waals surface area contributed by atoms with Crippen molar-refractivity contribution in [2.45, 2.75) is 13.1 Å². The van der Waals surface area contributed by atoms with E-state index in [-0.39, 0.29) is 6.17 Å². The van der Waals surface area contributed by atoms with Crippen molar-refractivity contribution in [3.8, 4) is 5.75 Å². The first kappa shape index (κ1) is 12.2. The minimum atomic E-state index is 0.148. The summed E-state index contributed by atoms with van der Waals surface area (Å²) >= 11 is 0. The molecule has 0 bridgehead atoms. The van der Waals surface area contributed by atoms with Crippen molar-refractivity contribution in [3.63, 3.8) is 0 Å². The van der Waals surface area contributed by atoms with Crippen LogP contribution < -0.4 is 15.4 Å². The molecule has 0 amide bonds. The van der Waals surface area contributed by atoms with Crippen molar-refractivity contribution in [3.05, 3.63) is 24.3 Å². The molecule has 1 atom stereocenters.